The first-order valence-corrected chi connectivity index (χ1v) is 7.21. The zero-order chi connectivity index (χ0) is 12.3. The molecule has 17 heavy (non-hydrogen) atoms. The quantitative estimate of drug-likeness (QED) is 0.736. The van der Waals surface area contributed by atoms with Crippen LogP contribution < -0.4 is 11.5 Å². The van der Waals surface area contributed by atoms with Crippen molar-refractivity contribution in [1.29, 1.82) is 0 Å². The summed E-state index contributed by atoms with van der Waals surface area (Å²) in [6, 6.07) is 0. The van der Waals surface area contributed by atoms with Crippen molar-refractivity contribution in [3.8, 4) is 0 Å². The van der Waals surface area contributed by atoms with Gasteiger partial charge in [0.15, 0.2) is 0 Å². The summed E-state index contributed by atoms with van der Waals surface area (Å²) in [5, 5.41) is 0. The average Bonchev–Trinajstić information content (AvgIpc) is 3.00. The number of hydrogen-bond donors (Lipinski definition) is 2. The van der Waals surface area contributed by atoms with Crippen molar-refractivity contribution >= 4 is 0 Å². The Kier molecular flexibility index (Phi) is 8.61. The van der Waals surface area contributed by atoms with E-state index in [2.05, 4.69) is 9.80 Å². The molecule has 2 rings (SSSR count). The van der Waals surface area contributed by atoms with E-state index >= 15 is 0 Å². The van der Waals surface area contributed by atoms with Crippen LogP contribution in [0.1, 0.15) is 32.1 Å². The average molecular weight is 242 g/mol. The second kappa shape index (κ2) is 9.83. The summed E-state index contributed by atoms with van der Waals surface area (Å²) in [6.07, 6.45) is 6.70. The van der Waals surface area contributed by atoms with E-state index in [1.807, 2.05) is 0 Å². The molecule has 0 saturated carbocycles. The number of rotatable bonds is 5. The Balaban J connectivity index is 0.000000171. The van der Waals surface area contributed by atoms with Crippen molar-refractivity contribution in [3.63, 3.8) is 0 Å². The van der Waals surface area contributed by atoms with Crippen molar-refractivity contribution < 1.29 is 0 Å². The number of nitrogens with zero attached hydrogens (tertiary/aromatic N) is 2. The van der Waals surface area contributed by atoms with Crippen molar-refractivity contribution in [2.75, 3.05) is 52.4 Å². The Bertz CT molecular complexity index is 163. The maximum absolute atomic E-state index is 5.38. The van der Waals surface area contributed by atoms with Gasteiger partial charge >= 0.3 is 0 Å². The van der Waals surface area contributed by atoms with Gasteiger partial charge in [0.05, 0.1) is 0 Å². The molecule has 0 aromatic rings. The van der Waals surface area contributed by atoms with E-state index in [1.165, 1.54) is 64.8 Å². The van der Waals surface area contributed by atoms with Crippen molar-refractivity contribution in [2.45, 2.75) is 32.1 Å². The van der Waals surface area contributed by atoms with E-state index in [-0.39, 0.29) is 0 Å². The van der Waals surface area contributed by atoms with Gasteiger partial charge in [0.2, 0.25) is 0 Å². The standard InChI is InChI=1S/C7H16N2.C6H14N2/c8-4-3-7-9-5-1-2-6-9;7-3-6-8-4-1-2-5-8/h1-8H2;1-7H2. The fourth-order valence-electron chi connectivity index (χ4n) is 2.51. The van der Waals surface area contributed by atoms with E-state index < -0.39 is 0 Å². The Morgan fingerprint density at radius 3 is 1.53 bits per heavy atom. The highest BCUT2D eigenvalue weighted by atomic mass is 15.1. The lowest BCUT2D eigenvalue weighted by molar-refractivity contribution is 0.336. The minimum Gasteiger partial charge on any atom is -0.330 e. The summed E-state index contributed by atoms with van der Waals surface area (Å²) in [7, 11) is 0. The predicted octanol–water partition coefficient (Wildman–Crippen LogP) is 0.472. The summed E-state index contributed by atoms with van der Waals surface area (Å²) < 4.78 is 0. The maximum Gasteiger partial charge on any atom is 0.0105 e. The molecule has 4 heteroatoms. The van der Waals surface area contributed by atoms with E-state index in [1.54, 1.807) is 0 Å². The van der Waals surface area contributed by atoms with E-state index in [9.17, 15) is 0 Å². The molecule has 0 aromatic heterocycles. The first-order valence-electron chi connectivity index (χ1n) is 7.21. The molecule has 0 bridgehead atoms. The molecular weight excluding hydrogens is 212 g/mol. The highest BCUT2D eigenvalue weighted by molar-refractivity contribution is 4.65. The Morgan fingerprint density at radius 2 is 1.12 bits per heavy atom. The second-order valence-electron chi connectivity index (χ2n) is 5.03. The van der Waals surface area contributed by atoms with Crippen LogP contribution in [-0.4, -0.2) is 62.2 Å². The molecule has 2 saturated heterocycles. The monoisotopic (exact) mass is 242 g/mol. The van der Waals surface area contributed by atoms with Gasteiger partial charge in [0.1, 0.15) is 0 Å². The lowest BCUT2D eigenvalue weighted by Crippen LogP contribution is -2.26. The van der Waals surface area contributed by atoms with Crippen LogP contribution in [0.4, 0.5) is 0 Å². The summed E-state index contributed by atoms with van der Waals surface area (Å²) in [5.41, 5.74) is 10.7. The molecule has 4 N–H and O–H groups in total. The molecule has 0 radical (unpaired) electrons. The van der Waals surface area contributed by atoms with Crippen LogP contribution in [0.5, 0.6) is 0 Å². The van der Waals surface area contributed by atoms with Crippen molar-refractivity contribution in [2.24, 2.45) is 11.5 Å². The lowest BCUT2D eigenvalue weighted by atomic mass is 10.4. The molecule has 0 spiro atoms. The topological polar surface area (TPSA) is 58.5 Å². The molecule has 2 aliphatic heterocycles. The van der Waals surface area contributed by atoms with Gasteiger partial charge in [0, 0.05) is 13.1 Å². The number of likely N-dealkylation sites (tertiary alicyclic amines) is 2. The third-order valence-corrected chi connectivity index (χ3v) is 3.52. The Hall–Kier alpha value is -0.160. The zero-order valence-corrected chi connectivity index (χ0v) is 11.2. The van der Waals surface area contributed by atoms with Crippen LogP contribution in [-0.2, 0) is 0 Å². The molecule has 0 amide bonds. The van der Waals surface area contributed by atoms with Crippen LogP contribution in [0.25, 0.3) is 0 Å². The summed E-state index contributed by atoms with van der Waals surface area (Å²) >= 11 is 0. The molecule has 0 unspecified atom stereocenters. The predicted molar refractivity (Wildman–Crippen MR) is 74.1 cm³/mol. The van der Waals surface area contributed by atoms with Gasteiger partial charge in [-0.1, -0.05) is 0 Å². The summed E-state index contributed by atoms with van der Waals surface area (Å²) in [6.45, 7) is 9.14. The summed E-state index contributed by atoms with van der Waals surface area (Å²) in [4.78, 5) is 4.91. The van der Waals surface area contributed by atoms with Gasteiger partial charge in [-0.05, 0) is 71.4 Å². The summed E-state index contributed by atoms with van der Waals surface area (Å²) in [5.74, 6) is 0. The second-order valence-corrected chi connectivity index (χ2v) is 5.03. The van der Waals surface area contributed by atoms with Gasteiger partial charge in [-0.25, -0.2) is 0 Å². The number of hydrogen-bond acceptors (Lipinski definition) is 4. The molecule has 4 nitrogen and oxygen atoms in total. The Morgan fingerprint density at radius 1 is 0.647 bits per heavy atom. The molecule has 0 atom stereocenters. The Labute approximate surface area is 106 Å². The SMILES string of the molecule is NCCCN1CCCC1.NCCN1CCCC1. The minimum absolute atomic E-state index is 0.819. The molecule has 102 valence electrons. The van der Waals surface area contributed by atoms with Gasteiger partial charge in [-0.2, -0.15) is 0 Å². The smallest absolute Gasteiger partial charge is 0.0105 e. The van der Waals surface area contributed by atoms with Gasteiger partial charge < -0.3 is 21.3 Å². The minimum atomic E-state index is 0.819. The van der Waals surface area contributed by atoms with Crippen LogP contribution in [0.3, 0.4) is 0 Å². The van der Waals surface area contributed by atoms with E-state index in [0.717, 1.165) is 19.6 Å². The largest absolute Gasteiger partial charge is 0.330 e. The van der Waals surface area contributed by atoms with E-state index in [4.69, 9.17) is 11.5 Å². The maximum atomic E-state index is 5.38. The van der Waals surface area contributed by atoms with Crippen molar-refractivity contribution in [1.82, 2.24) is 9.80 Å². The van der Waals surface area contributed by atoms with Crippen molar-refractivity contribution in [3.05, 3.63) is 0 Å². The highest BCUT2D eigenvalue weighted by Gasteiger charge is 2.09. The normalized spacial score (nSPS) is 21.5. The molecule has 2 aliphatic rings. The molecule has 0 aliphatic carbocycles. The number of nitrogens with two attached hydrogens (primary N) is 2. The third-order valence-electron chi connectivity index (χ3n) is 3.52. The fraction of sp³-hybridized carbons (Fsp3) is 1.00. The highest BCUT2D eigenvalue weighted by Crippen LogP contribution is 2.06. The fourth-order valence-corrected chi connectivity index (χ4v) is 2.51. The first kappa shape index (κ1) is 14.9. The van der Waals surface area contributed by atoms with Crippen LogP contribution >= 0.6 is 0 Å². The van der Waals surface area contributed by atoms with Gasteiger partial charge in [-0.3, -0.25) is 0 Å². The third kappa shape index (κ3) is 6.99. The van der Waals surface area contributed by atoms with E-state index in [0.29, 0.717) is 0 Å². The molecule has 2 fully saturated rings. The van der Waals surface area contributed by atoms with Crippen LogP contribution in [0, 0.1) is 0 Å². The molecule has 0 aromatic carbocycles. The lowest BCUT2D eigenvalue weighted by Gasteiger charge is -2.12. The van der Waals surface area contributed by atoms with Gasteiger partial charge in [-0.15, -0.1) is 0 Å². The van der Waals surface area contributed by atoms with Gasteiger partial charge in [0.25, 0.3) is 0 Å². The first-order chi connectivity index (χ1) is 8.36. The van der Waals surface area contributed by atoms with Crippen LogP contribution in [0.2, 0.25) is 0 Å². The molecule has 2 heterocycles. The zero-order valence-electron chi connectivity index (χ0n) is 11.2. The van der Waals surface area contributed by atoms with Crippen LogP contribution in [0.15, 0.2) is 0 Å². The molecular formula is C13H30N4.